The molecule has 1 aliphatic carbocycles. The summed E-state index contributed by atoms with van der Waals surface area (Å²) in [5.74, 6) is 0. The summed E-state index contributed by atoms with van der Waals surface area (Å²) in [6, 6.07) is 0. The van der Waals surface area contributed by atoms with Gasteiger partial charge in [0.05, 0.1) is 0 Å². The molecule has 2 N–H and O–H groups in total. The molecule has 0 radical (unpaired) electrons. The second kappa shape index (κ2) is 3.72. The van der Waals surface area contributed by atoms with E-state index >= 15 is 0 Å². The van der Waals surface area contributed by atoms with E-state index in [0.29, 0.717) is 0 Å². The van der Waals surface area contributed by atoms with Crippen LogP contribution in [0.5, 0.6) is 0 Å². The molecule has 0 unspecified atom stereocenters. The first kappa shape index (κ1) is 9.27. The summed E-state index contributed by atoms with van der Waals surface area (Å²) in [4.78, 5) is 0. The summed E-state index contributed by atoms with van der Waals surface area (Å²) < 4.78 is 0. The molecule has 0 bridgehead atoms. The van der Waals surface area contributed by atoms with Crippen LogP contribution in [0.3, 0.4) is 0 Å². The molecule has 0 aromatic heterocycles. The van der Waals surface area contributed by atoms with Gasteiger partial charge < -0.3 is 5.73 Å². The third-order valence-electron chi connectivity index (χ3n) is 2.59. The molecular weight excluding hydrogens is 146 g/mol. The maximum Gasteiger partial charge on any atom is 0.0409 e. The number of rotatable bonds is 3. The largest absolute Gasteiger partial charge is 0.321 e. The van der Waals surface area contributed by atoms with Crippen LogP contribution in [-0.4, -0.2) is 5.54 Å². The van der Waals surface area contributed by atoms with Crippen LogP contribution in [0.15, 0.2) is 37.0 Å². The van der Waals surface area contributed by atoms with E-state index in [-0.39, 0.29) is 5.54 Å². The summed E-state index contributed by atoms with van der Waals surface area (Å²) in [5.41, 5.74) is 7.23. The molecule has 0 aromatic carbocycles. The lowest BCUT2D eigenvalue weighted by molar-refractivity contribution is 0.528. The highest BCUT2D eigenvalue weighted by molar-refractivity contribution is 5.33. The maximum atomic E-state index is 6.21. The van der Waals surface area contributed by atoms with Crippen LogP contribution in [-0.2, 0) is 0 Å². The van der Waals surface area contributed by atoms with Crippen LogP contribution in [0.25, 0.3) is 0 Å². The molecule has 0 aliphatic heterocycles. The predicted octanol–water partition coefficient (Wildman–Crippen LogP) is 2.56. The fourth-order valence-electron chi connectivity index (χ4n) is 1.86. The minimum absolute atomic E-state index is 0.115. The molecule has 1 aliphatic rings. The Morgan fingerprint density at radius 1 is 1.25 bits per heavy atom. The standard InChI is InChI=1S/C11H17N/c1-3-7-10(4-2)11(12)8-5-6-9-11/h3-4,7H,1-2,5-6,8-9,12H2/b10-7+. The highest BCUT2D eigenvalue weighted by Gasteiger charge is 2.31. The SMILES string of the molecule is C=C/C=C(\C=C)C1(N)CCCC1. The van der Waals surface area contributed by atoms with Gasteiger partial charge in [-0.25, -0.2) is 0 Å². The van der Waals surface area contributed by atoms with Gasteiger partial charge in [0.1, 0.15) is 0 Å². The third-order valence-corrected chi connectivity index (χ3v) is 2.59. The number of hydrogen-bond donors (Lipinski definition) is 1. The summed E-state index contributed by atoms with van der Waals surface area (Å²) in [7, 11) is 0. The highest BCUT2D eigenvalue weighted by Crippen LogP contribution is 2.33. The molecule has 0 aromatic rings. The van der Waals surface area contributed by atoms with E-state index < -0.39 is 0 Å². The van der Waals surface area contributed by atoms with Gasteiger partial charge in [-0.3, -0.25) is 0 Å². The molecule has 0 heterocycles. The van der Waals surface area contributed by atoms with Gasteiger partial charge in [-0.1, -0.05) is 44.2 Å². The molecule has 0 saturated heterocycles. The third kappa shape index (κ3) is 1.67. The number of nitrogens with two attached hydrogens (primary N) is 1. The monoisotopic (exact) mass is 163 g/mol. The highest BCUT2D eigenvalue weighted by atomic mass is 14.8. The van der Waals surface area contributed by atoms with E-state index in [1.165, 1.54) is 12.8 Å². The van der Waals surface area contributed by atoms with Crippen LogP contribution < -0.4 is 5.73 Å². The van der Waals surface area contributed by atoms with Crippen molar-refractivity contribution in [1.29, 1.82) is 0 Å². The Bertz CT molecular complexity index is 207. The van der Waals surface area contributed by atoms with Crippen molar-refractivity contribution in [2.24, 2.45) is 5.73 Å². The molecule has 1 saturated carbocycles. The molecule has 0 spiro atoms. The first-order chi connectivity index (χ1) is 5.73. The van der Waals surface area contributed by atoms with E-state index in [1.807, 2.05) is 12.2 Å². The maximum absolute atomic E-state index is 6.21. The van der Waals surface area contributed by atoms with Crippen LogP contribution in [0, 0.1) is 0 Å². The average molecular weight is 163 g/mol. The van der Waals surface area contributed by atoms with Crippen molar-refractivity contribution in [2.75, 3.05) is 0 Å². The Morgan fingerprint density at radius 2 is 1.83 bits per heavy atom. The normalized spacial score (nSPS) is 22.2. The Morgan fingerprint density at radius 3 is 2.25 bits per heavy atom. The van der Waals surface area contributed by atoms with Crippen LogP contribution >= 0.6 is 0 Å². The van der Waals surface area contributed by atoms with Crippen molar-refractivity contribution in [3.8, 4) is 0 Å². The molecular formula is C11H17N. The van der Waals surface area contributed by atoms with E-state index in [9.17, 15) is 0 Å². The van der Waals surface area contributed by atoms with Crippen molar-refractivity contribution >= 4 is 0 Å². The molecule has 66 valence electrons. The Balaban J connectivity index is 2.83. The predicted molar refractivity (Wildman–Crippen MR) is 53.9 cm³/mol. The fourth-order valence-corrected chi connectivity index (χ4v) is 1.86. The summed E-state index contributed by atoms with van der Waals surface area (Å²) in [5, 5.41) is 0. The van der Waals surface area contributed by atoms with Gasteiger partial charge in [-0.15, -0.1) is 0 Å². The van der Waals surface area contributed by atoms with E-state index in [1.54, 1.807) is 6.08 Å². The molecule has 1 fully saturated rings. The van der Waals surface area contributed by atoms with Crippen LogP contribution in [0.4, 0.5) is 0 Å². The van der Waals surface area contributed by atoms with Gasteiger partial charge in [0.15, 0.2) is 0 Å². The summed E-state index contributed by atoms with van der Waals surface area (Å²) in [6.45, 7) is 7.44. The quantitative estimate of drug-likeness (QED) is 0.636. The van der Waals surface area contributed by atoms with Crippen molar-refractivity contribution in [3.63, 3.8) is 0 Å². The first-order valence-corrected chi connectivity index (χ1v) is 4.47. The van der Waals surface area contributed by atoms with Gasteiger partial charge in [0, 0.05) is 5.54 Å². The number of hydrogen-bond acceptors (Lipinski definition) is 1. The molecule has 0 amide bonds. The minimum Gasteiger partial charge on any atom is -0.321 e. The van der Waals surface area contributed by atoms with E-state index in [4.69, 9.17) is 5.73 Å². The first-order valence-electron chi connectivity index (χ1n) is 4.47. The zero-order valence-corrected chi connectivity index (χ0v) is 7.55. The van der Waals surface area contributed by atoms with Crippen LogP contribution in [0.2, 0.25) is 0 Å². The molecule has 1 nitrogen and oxygen atoms in total. The van der Waals surface area contributed by atoms with Crippen LogP contribution in [0.1, 0.15) is 25.7 Å². The van der Waals surface area contributed by atoms with Crippen molar-refractivity contribution in [1.82, 2.24) is 0 Å². The van der Waals surface area contributed by atoms with E-state index in [2.05, 4.69) is 13.2 Å². The lowest BCUT2D eigenvalue weighted by Crippen LogP contribution is -2.37. The second-order valence-electron chi connectivity index (χ2n) is 3.43. The minimum atomic E-state index is -0.115. The lowest BCUT2D eigenvalue weighted by atomic mass is 9.89. The second-order valence-corrected chi connectivity index (χ2v) is 3.43. The molecule has 1 rings (SSSR count). The Kier molecular flexibility index (Phi) is 2.88. The topological polar surface area (TPSA) is 26.0 Å². The smallest absolute Gasteiger partial charge is 0.0409 e. The Labute approximate surface area is 74.7 Å². The average Bonchev–Trinajstić information content (AvgIpc) is 2.49. The van der Waals surface area contributed by atoms with Gasteiger partial charge in [0.2, 0.25) is 0 Å². The summed E-state index contributed by atoms with van der Waals surface area (Å²) >= 11 is 0. The zero-order valence-electron chi connectivity index (χ0n) is 7.55. The van der Waals surface area contributed by atoms with Crippen molar-refractivity contribution in [2.45, 2.75) is 31.2 Å². The fraction of sp³-hybridized carbons (Fsp3) is 0.455. The van der Waals surface area contributed by atoms with Gasteiger partial charge in [-0.2, -0.15) is 0 Å². The van der Waals surface area contributed by atoms with Gasteiger partial charge in [-0.05, 0) is 18.4 Å². The van der Waals surface area contributed by atoms with Gasteiger partial charge >= 0.3 is 0 Å². The van der Waals surface area contributed by atoms with Crippen molar-refractivity contribution in [3.05, 3.63) is 37.0 Å². The molecule has 12 heavy (non-hydrogen) atoms. The number of allylic oxidation sites excluding steroid dienone is 2. The summed E-state index contributed by atoms with van der Waals surface area (Å²) in [6.07, 6.45) is 10.2. The van der Waals surface area contributed by atoms with Crippen molar-refractivity contribution < 1.29 is 0 Å². The van der Waals surface area contributed by atoms with E-state index in [0.717, 1.165) is 18.4 Å². The van der Waals surface area contributed by atoms with Gasteiger partial charge in [0.25, 0.3) is 0 Å². The zero-order chi connectivity index (χ0) is 9.03. The molecule has 0 atom stereocenters. The Hall–Kier alpha value is -0.820. The lowest BCUT2D eigenvalue weighted by Gasteiger charge is -2.24. The molecule has 1 heteroatoms.